The first-order valence-corrected chi connectivity index (χ1v) is 14.6. The van der Waals surface area contributed by atoms with Crippen LogP contribution in [0.25, 0.3) is 10.9 Å². The molecule has 1 fully saturated rings. The summed E-state index contributed by atoms with van der Waals surface area (Å²) in [6, 6.07) is 15.2. The lowest BCUT2D eigenvalue weighted by Crippen LogP contribution is -2.56. The standard InChI is InChI=1S/C32H42N6O3/c1-21(25-20-35-27-12-8-6-10-23(25)27)28(36-31(41)34-16-15-33-2)30(40)38-17-13-32(14-18-38)19-24(29(39)37(3)4)22-9-5-7-11-26(22)32/h5-12,20-21,24,28,33,35H,13-19H2,1-4H3,(H2,34,36,41)/t21?,24-,28?/m1/s1. The number of nitrogens with zero attached hydrogens (tertiary/aromatic N) is 2. The third kappa shape index (κ3) is 5.55. The average molecular weight is 559 g/mol. The lowest BCUT2D eigenvalue weighted by atomic mass is 9.73. The fraction of sp³-hybridized carbons (Fsp3) is 0.469. The van der Waals surface area contributed by atoms with Crippen molar-refractivity contribution < 1.29 is 14.4 Å². The SMILES string of the molecule is CNCCNC(=O)NC(C(=O)N1CCC2(CC1)C[C@@H](C(=O)N(C)C)c1ccccc12)C(C)c1c[nH]c2ccccc12. The minimum atomic E-state index is -0.725. The Morgan fingerprint density at radius 1 is 1.05 bits per heavy atom. The molecule has 1 aliphatic heterocycles. The van der Waals surface area contributed by atoms with Crippen LogP contribution in [0.2, 0.25) is 0 Å². The third-order valence-corrected chi connectivity index (χ3v) is 9.10. The molecule has 0 bridgehead atoms. The van der Waals surface area contributed by atoms with Crippen molar-refractivity contribution in [1.29, 1.82) is 0 Å². The van der Waals surface area contributed by atoms with Gasteiger partial charge >= 0.3 is 6.03 Å². The van der Waals surface area contributed by atoms with E-state index in [0.717, 1.165) is 41.3 Å². The highest BCUT2D eigenvalue weighted by atomic mass is 16.2. The van der Waals surface area contributed by atoms with Crippen molar-refractivity contribution in [3.63, 3.8) is 0 Å². The number of likely N-dealkylation sites (N-methyl/N-ethyl adjacent to an activating group) is 2. The van der Waals surface area contributed by atoms with Crippen LogP contribution in [0.15, 0.2) is 54.7 Å². The average Bonchev–Trinajstić information content (AvgIpc) is 3.55. The summed E-state index contributed by atoms with van der Waals surface area (Å²) in [7, 11) is 5.46. The van der Waals surface area contributed by atoms with Gasteiger partial charge in [0.25, 0.3) is 0 Å². The molecule has 1 aromatic heterocycles. The molecule has 4 amide bonds. The van der Waals surface area contributed by atoms with E-state index >= 15 is 0 Å². The molecule has 1 saturated heterocycles. The highest BCUT2D eigenvalue weighted by Crippen LogP contribution is 2.52. The van der Waals surface area contributed by atoms with Crippen LogP contribution in [-0.4, -0.2) is 86.0 Å². The van der Waals surface area contributed by atoms with E-state index < -0.39 is 6.04 Å². The second kappa shape index (κ2) is 11.9. The van der Waals surface area contributed by atoms with E-state index in [1.165, 1.54) is 5.56 Å². The van der Waals surface area contributed by atoms with Crippen LogP contribution in [0.1, 0.15) is 54.7 Å². The zero-order chi connectivity index (χ0) is 29.1. The first kappa shape index (κ1) is 28.7. The first-order valence-electron chi connectivity index (χ1n) is 14.6. The number of nitrogens with one attached hydrogen (secondary N) is 4. The molecule has 1 spiro atoms. The highest BCUT2D eigenvalue weighted by Gasteiger charge is 2.48. The summed E-state index contributed by atoms with van der Waals surface area (Å²) < 4.78 is 0. The molecule has 218 valence electrons. The van der Waals surface area contributed by atoms with Crippen LogP contribution in [0.5, 0.6) is 0 Å². The third-order valence-electron chi connectivity index (χ3n) is 9.10. The lowest BCUT2D eigenvalue weighted by Gasteiger charge is -2.42. The minimum absolute atomic E-state index is 0.0754. The van der Waals surface area contributed by atoms with Gasteiger partial charge in [-0.15, -0.1) is 0 Å². The fourth-order valence-corrected chi connectivity index (χ4v) is 6.80. The van der Waals surface area contributed by atoms with Crippen LogP contribution >= 0.6 is 0 Å². The predicted octanol–water partition coefficient (Wildman–Crippen LogP) is 3.29. The normalized spacial score (nSPS) is 19.0. The summed E-state index contributed by atoms with van der Waals surface area (Å²) in [5, 5.41) is 9.93. The molecule has 41 heavy (non-hydrogen) atoms. The van der Waals surface area contributed by atoms with Crippen LogP contribution in [-0.2, 0) is 15.0 Å². The number of para-hydroxylation sites is 1. The Labute approximate surface area is 242 Å². The summed E-state index contributed by atoms with van der Waals surface area (Å²) in [6.07, 6.45) is 4.29. The Balaban J connectivity index is 1.36. The number of carbonyl (C=O) groups excluding carboxylic acids is 3. The number of H-pyrrole nitrogens is 1. The summed E-state index contributed by atoms with van der Waals surface area (Å²) in [4.78, 5) is 47.0. The number of urea groups is 1. The first-order chi connectivity index (χ1) is 19.8. The minimum Gasteiger partial charge on any atom is -0.361 e. The second-order valence-corrected chi connectivity index (χ2v) is 11.7. The van der Waals surface area contributed by atoms with E-state index in [1.807, 2.05) is 69.5 Å². The van der Waals surface area contributed by atoms with Crippen LogP contribution in [0.4, 0.5) is 4.79 Å². The van der Waals surface area contributed by atoms with Gasteiger partial charge in [0.2, 0.25) is 11.8 Å². The number of aromatic amines is 1. The maximum Gasteiger partial charge on any atom is 0.315 e. The molecule has 2 heterocycles. The van der Waals surface area contributed by atoms with Crippen molar-refractivity contribution in [1.82, 2.24) is 30.7 Å². The van der Waals surface area contributed by atoms with Gasteiger partial charge in [0.15, 0.2) is 0 Å². The molecule has 3 atom stereocenters. The Morgan fingerprint density at radius 3 is 2.49 bits per heavy atom. The quantitative estimate of drug-likeness (QED) is 0.318. The van der Waals surface area contributed by atoms with Gasteiger partial charge in [-0.1, -0.05) is 49.4 Å². The molecule has 5 rings (SSSR count). The number of carbonyl (C=O) groups is 3. The van der Waals surface area contributed by atoms with Crippen LogP contribution < -0.4 is 16.0 Å². The van der Waals surface area contributed by atoms with Crippen LogP contribution in [0.3, 0.4) is 0 Å². The Kier molecular flexibility index (Phi) is 8.35. The Morgan fingerprint density at radius 2 is 1.76 bits per heavy atom. The molecule has 9 heteroatoms. The van der Waals surface area contributed by atoms with Crippen LogP contribution in [0, 0.1) is 0 Å². The van der Waals surface area contributed by atoms with Gasteiger partial charge in [0.05, 0.1) is 5.92 Å². The summed E-state index contributed by atoms with van der Waals surface area (Å²) in [5.74, 6) is -0.345. The molecule has 0 saturated carbocycles. The van der Waals surface area contributed by atoms with Crippen molar-refractivity contribution >= 4 is 28.7 Å². The number of aromatic nitrogens is 1. The van der Waals surface area contributed by atoms with Gasteiger partial charge in [-0.3, -0.25) is 9.59 Å². The number of hydrogen-bond acceptors (Lipinski definition) is 4. The number of hydrogen-bond donors (Lipinski definition) is 4. The number of rotatable bonds is 8. The second-order valence-electron chi connectivity index (χ2n) is 11.7. The van der Waals surface area contributed by atoms with Gasteiger partial charge in [-0.25, -0.2) is 4.79 Å². The maximum absolute atomic E-state index is 14.1. The molecule has 2 unspecified atom stereocenters. The smallest absolute Gasteiger partial charge is 0.315 e. The summed E-state index contributed by atoms with van der Waals surface area (Å²) >= 11 is 0. The van der Waals surface area contributed by atoms with E-state index in [1.54, 1.807) is 4.90 Å². The molecule has 0 radical (unpaired) electrons. The molecule has 2 aliphatic rings. The number of fused-ring (bicyclic) bond motifs is 3. The van der Waals surface area contributed by atoms with E-state index in [0.29, 0.717) is 26.2 Å². The van der Waals surface area contributed by atoms with Crippen molar-refractivity contribution in [2.45, 2.75) is 49.5 Å². The number of benzene rings is 2. The zero-order valence-corrected chi connectivity index (χ0v) is 24.5. The monoisotopic (exact) mass is 558 g/mol. The van der Waals surface area contributed by atoms with Gasteiger partial charge in [-0.2, -0.15) is 0 Å². The van der Waals surface area contributed by atoms with Gasteiger partial charge in [-0.05, 0) is 49.1 Å². The van der Waals surface area contributed by atoms with E-state index in [9.17, 15) is 14.4 Å². The predicted molar refractivity (Wildman–Crippen MR) is 161 cm³/mol. The Bertz CT molecular complexity index is 1410. The zero-order valence-electron chi connectivity index (χ0n) is 24.5. The summed E-state index contributed by atoms with van der Waals surface area (Å²) in [6.45, 7) is 4.26. The fourth-order valence-electron chi connectivity index (χ4n) is 6.80. The molecule has 4 N–H and O–H groups in total. The van der Waals surface area contributed by atoms with Gasteiger partial charge in [0.1, 0.15) is 6.04 Å². The molecular formula is C32H42N6O3. The number of likely N-dealkylation sites (tertiary alicyclic amines) is 1. The summed E-state index contributed by atoms with van der Waals surface area (Å²) in [5.41, 5.74) is 4.24. The largest absolute Gasteiger partial charge is 0.361 e. The van der Waals surface area contributed by atoms with Gasteiger partial charge < -0.3 is 30.7 Å². The number of piperidine rings is 1. The lowest BCUT2D eigenvalue weighted by molar-refractivity contribution is -0.136. The number of amides is 4. The molecule has 1 aliphatic carbocycles. The topological polar surface area (TPSA) is 110 Å². The van der Waals surface area contributed by atoms with Crippen molar-refractivity contribution in [2.75, 3.05) is 47.3 Å². The molecule has 3 aromatic rings. The highest BCUT2D eigenvalue weighted by molar-refractivity contribution is 5.90. The molecule has 9 nitrogen and oxygen atoms in total. The molecule has 2 aromatic carbocycles. The van der Waals surface area contributed by atoms with Crippen molar-refractivity contribution in [3.8, 4) is 0 Å². The van der Waals surface area contributed by atoms with E-state index in [4.69, 9.17) is 0 Å². The van der Waals surface area contributed by atoms with E-state index in [-0.39, 0.29) is 35.1 Å². The van der Waals surface area contributed by atoms with Gasteiger partial charge in [0, 0.05) is 68.7 Å². The maximum atomic E-state index is 14.1. The van der Waals surface area contributed by atoms with E-state index in [2.05, 4.69) is 39.1 Å². The van der Waals surface area contributed by atoms with Crippen molar-refractivity contribution in [2.24, 2.45) is 0 Å². The van der Waals surface area contributed by atoms with Crippen molar-refractivity contribution in [3.05, 3.63) is 71.4 Å². The molecular weight excluding hydrogens is 516 g/mol. The Hall–Kier alpha value is -3.85.